The molecule has 0 aliphatic carbocycles. The number of nitrogens with one attached hydrogen (secondary N) is 1. The van der Waals surface area contributed by atoms with Crippen molar-refractivity contribution in [1.82, 2.24) is 5.32 Å². The van der Waals surface area contributed by atoms with Gasteiger partial charge in [0.1, 0.15) is 5.75 Å². The number of hydrogen-bond acceptors (Lipinski definition) is 2. The molecule has 1 aromatic carbocycles. The Hall–Kier alpha value is -1.02. The molecule has 2 rings (SSSR count). The van der Waals surface area contributed by atoms with E-state index in [1.54, 1.807) is 7.11 Å². The first-order chi connectivity index (χ1) is 7.30. The molecule has 0 saturated carbocycles. The van der Waals surface area contributed by atoms with E-state index in [1.165, 1.54) is 18.4 Å². The summed E-state index contributed by atoms with van der Waals surface area (Å²) in [4.78, 5) is 0. The number of ether oxygens (including phenoxy) is 1. The highest BCUT2D eigenvalue weighted by Crippen LogP contribution is 2.34. The van der Waals surface area contributed by atoms with Gasteiger partial charge in [-0.25, -0.2) is 0 Å². The van der Waals surface area contributed by atoms with E-state index in [1.807, 2.05) is 0 Å². The van der Waals surface area contributed by atoms with Crippen LogP contribution in [0.25, 0.3) is 0 Å². The molecule has 1 unspecified atom stereocenters. The van der Waals surface area contributed by atoms with Gasteiger partial charge in [-0.15, -0.1) is 0 Å². The summed E-state index contributed by atoms with van der Waals surface area (Å²) >= 11 is 0. The van der Waals surface area contributed by atoms with Crippen LogP contribution in [-0.2, 0) is 5.41 Å². The lowest BCUT2D eigenvalue weighted by atomic mass is 9.77. The van der Waals surface area contributed by atoms with Gasteiger partial charge in [-0.05, 0) is 37.1 Å². The highest BCUT2D eigenvalue weighted by molar-refractivity contribution is 5.33. The number of hydrogen-bond donors (Lipinski definition) is 1. The second-order valence-electron chi connectivity index (χ2n) is 4.29. The summed E-state index contributed by atoms with van der Waals surface area (Å²) in [6.45, 7) is 4.52. The lowest BCUT2D eigenvalue weighted by Crippen LogP contribution is -2.27. The lowest BCUT2D eigenvalue weighted by Gasteiger charge is -2.27. The maximum Gasteiger partial charge on any atom is 0.118 e. The average Bonchev–Trinajstić information content (AvgIpc) is 2.79. The fraction of sp³-hybridized carbons (Fsp3) is 0.538. The molecule has 1 aliphatic heterocycles. The van der Waals surface area contributed by atoms with Crippen LogP contribution in [0.3, 0.4) is 0 Å². The molecule has 1 fully saturated rings. The number of benzene rings is 1. The van der Waals surface area contributed by atoms with Gasteiger partial charge in [0.15, 0.2) is 0 Å². The van der Waals surface area contributed by atoms with E-state index >= 15 is 0 Å². The van der Waals surface area contributed by atoms with Crippen LogP contribution in [0, 0.1) is 0 Å². The van der Waals surface area contributed by atoms with E-state index in [9.17, 15) is 0 Å². The summed E-state index contributed by atoms with van der Waals surface area (Å²) < 4.78 is 5.18. The van der Waals surface area contributed by atoms with Gasteiger partial charge in [-0.2, -0.15) is 0 Å². The van der Waals surface area contributed by atoms with E-state index in [-0.39, 0.29) is 0 Å². The Labute approximate surface area is 91.6 Å². The van der Waals surface area contributed by atoms with Gasteiger partial charge >= 0.3 is 0 Å². The highest BCUT2D eigenvalue weighted by Gasteiger charge is 2.33. The van der Waals surface area contributed by atoms with E-state index in [2.05, 4.69) is 36.5 Å². The monoisotopic (exact) mass is 205 g/mol. The SMILES string of the molecule is CCC1(c2ccc(OC)cc2)CCNC1. The summed E-state index contributed by atoms with van der Waals surface area (Å²) in [7, 11) is 1.71. The van der Waals surface area contributed by atoms with Crippen LogP contribution in [0.5, 0.6) is 5.75 Å². The van der Waals surface area contributed by atoms with Crippen molar-refractivity contribution in [3.8, 4) is 5.75 Å². The maximum atomic E-state index is 5.18. The van der Waals surface area contributed by atoms with Gasteiger partial charge in [0, 0.05) is 12.0 Å². The minimum atomic E-state index is 0.353. The van der Waals surface area contributed by atoms with Crippen LogP contribution in [0.4, 0.5) is 0 Å². The van der Waals surface area contributed by atoms with Crippen LogP contribution < -0.4 is 10.1 Å². The van der Waals surface area contributed by atoms with Crippen molar-refractivity contribution in [1.29, 1.82) is 0 Å². The minimum absolute atomic E-state index is 0.353. The van der Waals surface area contributed by atoms with Crippen molar-refractivity contribution in [2.75, 3.05) is 20.2 Å². The molecule has 1 saturated heterocycles. The largest absolute Gasteiger partial charge is 0.497 e. The van der Waals surface area contributed by atoms with Gasteiger partial charge in [-0.3, -0.25) is 0 Å². The van der Waals surface area contributed by atoms with Gasteiger partial charge in [0.25, 0.3) is 0 Å². The van der Waals surface area contributed by atoms with Crippen molar-refractivity contribution in [3.63, 3.8) is 0 Å². The number of rotatable bonds is 3. The van der Waals surface area contributed by atoms with E-state index in [0.29, 0.717) is 5.41 Å². The second-order valence-corrected chi connectivity index (χ2v) is 4.29. The number of methoxy groups -OCH3 is 1. The van der Waals surface area contributed by atoms with E-state index in [4.69, 9.17) is 4.74 Å². The Morgan fingerprint density at radius 2 is 2.07 bits per heavy atom. The average molecular weight is 205 g/mol. The fourth-order valence-corrected chi connectivity index (χ4v) is 2.44. The first-order valence-corrected chi connectivity index (χ1v) is 5.66. The van der Waals surface area contributed by atoms with Crippen molar-refractivity contribution in [3.05, 3.63) is 29.8 Å². The summed E-state index contributed by atoms with van der Waals surface area (Å²) in [6, 6.07) is 8.53. The van der Waals surface area contributed by atoms with Gasteiger partial charge in [0.05, 0.1) is 7.11 Å². The second kappa shape index (κ2) is 4.23. The van der Waals surface area contributed by atoms with Gasteiger partial charge in [0.2, 0.25) is 0 Å². The highest BCUT2D eigenvalue weighted by atomic mass is 16.5. The van der Waals surface area contributed by atoms with Crippen LogP contribution in [-0.4, -0.2) is 20.2 Å². The predicted octanol–water partition coefficient (Wildman–Crippen LogP) is 2.34. The van der Waals surface area contributed by atoms with E-state index < -0.39 is 0 Å². The van der Waals surface area contributed by atoms with Crippen molar-refractivity contribution in [2.45, 2.75) is 25.2 Å². The Bertz CT molecular complexity index is 312. The lowest BCUT2D eigenvalue weighted by molar-refractivity contribution is 0.412. The first kappa shape index (κ1) is 10.5. The van der Waals surface area contributed by atoms with Gasteiger partial charge < -0.3 is 10.1 Å². The van der Waals surface area contributed by atoms with Crippen molar-refractivity contribution >= 4 is 0 Å². The van der Waals surface area contributed by atoms with Crippen molar-refractivity contribution in [2.24, 2.45) is 0 Å². The molecular weight excluding hydrogens is 186 g/mol. The standard InChI is InChI=1S/C13H19NO/c1-3-13(8-9-14-10-13)11-4-6-12(15-2)7-5-11/h4-7,14H,3,8-10H2,1-2H3. The smallest absolute Gasteiger partial charge is 0.118 e. The normalized spacial score (nSPS) is 25.5. The zero-order valence-corrected chi connectivity index (χ0v) is 9.55. The molecule has 1 aromatic rings. The Kier molecular flexibility index (Phi) is 2.96. The zero-order valence-electron chi connectivity index (χ0n) is 9.55. The van der Waals surface area contributed by atoms with Crippen LogP contribution in [0.1, 0.15) is 25.3 Å². The molecule has 2 nitrogen and oxygen atoms in total. The predicted molar refractivity (Wildman–Crippen MR) is 62.4 cm³/mol. The quantitative estimate of drug-likeness (QED) is 0.817. The molecule has 82 valence electrons. The fourth-order valence-electron chi connectivity index (χ4n) is 2.44. The third kappa shape index (κ3) is 1.86. The third-order valence-corrected chi connectivity index (χ3v) is 3.62. The topological polar surface area (TPSA) is 21.3 Å². The molecule has 0 aromatic heterocycles. The molecule has 1 aliphatic rings. The maximum absolute atomic E-state index is 5.18. The molecule has 1 N–H and O–H groups in total. The van der Waals surface area contributed by atoms with Crippen LogP contribution >= 0.6 is 0 Å². The molecule has 1 atom stereocenters. The molecule has 0 radical (unpaired) electrons. The van der Waals surface area contributed by atoms with E-state index in [0.717, 1.165) is 18.8 Å². The Morgan fingerprint density at radius 3 is 2.53 bits per heavy atom. The third-order valence-electron chi connectivity index (χ3n) is 3.62. The summed E-state index contributed by atoms with van der Waals surface area (Å²) in [5.74, 6) is 0.941. The van der Waals surface area contributed by atoms with Crippen molar-refractivity contribution < 1.29 is 4.74 Å². The minimum Gasteiger partial charge on any atom is -0.497 e. The zero-order chi connectivity index (χ0) is 10.7. The first-order valence-electron chi connectivity index (χ1n) is 5.66. The molecule has 15 heavy (non-hydrogen) atoms. The van der Waals surface area contributed by atoms with Crippen LogP contribution in [0.2, 0.25) is 0 Å². The molecule has 0 amide bonds. The summed E-state index contributed by atoms with van der Waals surface area (Å²) in [5, 5.41) is 3.46. The molecule has 0 spiro atoms. The molecule has 1 heterocycles. The van der Waals surface area contributed by atoms with Gasteiger partial charge in [-0.1, -0.05) is 19.1 Å². The molecular formula is C13H19NO. The van der Waals surface area contributed by atoms with Crippen LogP contribution in [0.15, 0.2) is 24.3 Å². The summed E-state index contributed by atoms with van der Waals surface area (Å²) in [5.41, 5.74) is 1.79. The molecule has 0 bridgehead atoms. The molecule has 2 heteroatoms. The summed E-state index contributed by atoms with van der Waals surface area (Å²) in [6.07, 6.45) is 2.45. The Morgan fingerprint density at radius 1 is 1.33 bits per heavy atom. The Balaban J connectivity index is 2.26.